The third-order valence-corrected chi connectivity index (χ3v) is 5.42. The summed E-state index contributed by atoms with van der Waals surface area (Å²) < 4.78 is 0. The Labute approximate surface area is 166 Å². The zero-order valence-electron chi connectivity index (χ0n) is 17.6. The van der Waals surface area contributed by atoms with Crippen LogP contribution in [-0.4, -0.2) is 22.1 Å². The van der Waals surface area contributed by atoms with Gasteiger partial charge >= 0.3 is 0 Å². The normalized spacial score (nSPS) is 14.3. The van der Waals surface area contributed by atoms with Gasteiger partial charge in [-0.25, -0.2) is 0 Å². The third-order valence-electron chi connectivity index (χ3n) is 5.42. The van der Waals surface area contributed by atoms with Crippen LogP contribution in [0.3, 0.4) is 0 Å². The van der Waals surface area contributed by atoms with Crippen LogP contribution >= 0.6 is 0 Å². The molecule has 0 bridgehead atoms. The average molecular weight is 376 g/mol. The number of unbranched alkanes of at least 4 members (excludes halogenated alkanes) is 8. The second kappa shape index (κ2) is 15.7. The summed E-state index contributed by atoms with van der Waals surface area (Å²) in [5.74, 6) is 0.468. The molecule has 154 valence electrons. The molecule has 3 heteroatoms. The first-order valence-electron chi connectivity index (χ1n) is 11.1. The first-order chi connectivity index (χ1) is 13.2. The third kappa shape index (κ3) is 11.9. The van der Waals surface area contributed by atoms with Crippen LogP contribution in [0.25, 0.3) is 0 Å². The van der Waals surface area contributed by atoms with Gasteiger partial charge in [0.25, 0.3) is 0 Å². The fraction of sp³-hybridized carbons (Fsp3) is 0.708. The molecule has 1 aromatic carbocycles. The van der Waals surface area contributed by atoms with Crippen LogP contribution < -0.4 is 0 Å². The van der Waals surface area contributed by atoms with E-state index in [2.05, 4.69) is 12.1 Å². The lowest BCUT2D eigenvalue weighted by Gasteiger charge is -2.18. The molecule has 2 atom stereocenters. The minimum absolute atomic E-state index is 0.262. The zero-order valence-corrected chi connectivity index (χ0v) is 17.6. The fourth-order valence-corrected chi connectivity index (χ4v) is 3.69. The highest BCUT2D eigenvalue weighted by atomic mass is 16.4. The van der Waals surface area contributed by atoms with Crippen molar-refractivity contribution in [3.63, 3.8) is 0 Å². The Morgan fingerprint density at radius 3 is 2.00 bits per heavy atom. The molecule has 0 heterocycles. The van der Waals surface area contributed by atoms with Gasteiger partial charge in [-0.05, 0) is 37.7 Å². The van der Waals surface area contributed by atoms with E-state index in [1.165, 1.54) is 57.8 Å². The Morgan fingerprint density at radius 1 is 0.852 bits per heavy atom. The molecule has 0 fully saturated rings. The molecule has 0 aliphatic carbocycles. The number of nitrogens with zero attached hydrogens (tertiary/aromatic N) is 1. The first-order valence-corrected chi connectivity index (χ1v) is 11.1. The Morgan fingerprint density at radius 2 is 1.44 bits per heavy atom. The van der Waals surface area contributed by atoms with Crippen molar-refractivity contribution in [2.24, 2.45) is 11.1 Å². The van der Waals surface area contributed by atoms with E-state index in [0.29, 0.717) is 5.92 Å². The number of rotatable bonds is 16. The van der Waals surface area contributed by atoms with Crippen LogP contribution in [0.5, 0.6) is 0 Å². The molecule has 1 rings (SSSR count). The van der Waals surface area contributed by atoms with Gasteiger partial charge in [-0.2, -0.15) is 0 Å². The summed E-state index contributed by atoms with van der Waals surface area (Å²) in [5, 5.41) is 22.7. The van der Waals surface area contributed by atoms with Crippen LogP contribution in [-0.2, 0) is 0 Å². The molecule has 27 heavy (non-hydrogen) atoms. The van der Waals surface area contributed by atoms with Crippen LogP contribution in [0.15, 0.2) is 35.5 Å². The molecule has 3 nitrogen and oxygen atoms in total. The van der Waals surface area contributed by atoms with E-state index in [0.717, 1.165) is 37.0 Å². The number of aliphatic hydroxyl groups excluding tert-OH is 1. The molecule has 0 aromatic heterocycles. The van der Waals surface area contributed by atoms with E-state index in [1.807, 2.05) is 37.3 Å². The molecule has 0 saturated carbocycles. The van der Waals surface area contributed by atoms with E-state index >= 15 is 0 Å². The topological polar surface area (TPSA) is 52.8 Å². The number of hydrogen-bond donors (Lipinski definition) is 2. The number of hydrogen-bond acceptors (Lipinski definition) is 3. The molecule has 0 amide bonds. The Kier molecular flexibility index (Phi) is 13.8. The van der Waals surface area contributed by atoms with Crippen LogP contribution in [0.4, 0.5) is 0 Å². The van der Waals surface area contributed by atoms with E-state index < -0.39 is 0 Å². The quantitative estimate of drug-likeness (QED) is 0.142. The molecular weight excluding hydrogens is 334 g/mol. The van der Waals surface area contributed by atoms with Crippen LogP contribution in [0.2, 0.25) is 0 Å². The Bertz CT molecular complexity index is 484. The summed E-state index contributed by atoms with van der Waals surface area (Å²) in [6.45, 7) is 4.12. The van der Waals surface area contributed by atoms with Crippen LogP contribution in [0.1, 0.15) is 103 Å². The SMILES string of the molecule is CCCCCCCCCCCC(CCC(C)O)CC(=NO)c1ccccc1. The minimum Gasteiger partial charge on any atom is -0.411 e. The standard InChI is InChI=1S/C24H41NO2/c1-3-4-5-6-7-8-9-10-12-15-22(19-18-21(2)26)20-24(25-27)23-16-13-11-14-17-23/h11,13-14,16-17,21-22,26-27H,3-10,12,15,18-20H2,1-2H3. The second-order valence-electron chi connectivity index (χ2n) is 8.03. The van der Waals surface area contributed by atoms with E-state index in [4.69, 9.17) is 0 Å². The first kappa shape index (κ1) is 23.7. The van der Waals surface area contributed by atoms with Crippen molar-refractivity contribution in [1.29, 1.82) is 0 Å². The van der Waals surface area contributed by atoms with Gasteiger partial charge in [0, 0.05) is 0 Å². The Balaban J connectivity index is 2.36. The van der Waals surface area contributed by atoms with Gasteiger partial charge in [-0.1, -0.05) is 107 Å². The molecule has 2 unspecified atom stereocenters. The lowest BCUT2D eigenvalue weighted by Crippen LogP contribution is -2.13. The van der Waals surface area contributed by atoms with Gasteiger partial charge in [0.1, 0.15) is 0 Å². The highest BCUT2D eigenvalue weighted by Gasteiger charge is 2.15. The summed E-state index contributed by atoms with van der Waals surface area (Å²) in [4.78, 5) is 0. The fourth-order valence-electron chi connectivity index (χ4n) is 3.69. The van der Waals surface area contributed by atoms with E-state index in [1.54, 1.807) is 0 Å². The van der Waals surface area contributed by atoms with Crippen molar-refractivity contribution < 1.29 is 10.3 Å². The van der Waals surface area contributed by atoms with Gasteiger partial charge < -0.3 is 10.3 Å². The van der Waals surface area contributed by atoms with Crippen molar-refractivity contribution in [3.05, 3.63) is 35.9 Å². The minimum atomic E-state index is -0.262. The smallest absolute Gasteiger partial charge is 0.0870 e. The van der Waals surface area contributed by atoms with E-state index in [9.17, 15) is 10.3 Å². The molecule has 0 aliphatic heterocycles. The van der Waals surface area contributed by atoms with Crippen molar-refractivity contribution in [3.8, 4) is 0 Å². The van der Waals surface area contributed by atoms with Gasteiger partial charge in [-0.15, -0.1) is 0 Å². The summed E-state index contributed by atoms with van der Waals surface area (Å²) in [6.07, 6.45) is 15.5. The molecule has 0 aliphatic rings. The molecule has 0 radical (unpaired) electrons. The number of oxime groups is 1. The highest BCUT2D eigenvalue weighted by molar-refractivity contribution is 6.00. The second-order valence-corrected chi connectivity index (χ2v) is 8.03. The number of aliphatic hydroxyl groups is 1. The summed E-state index contributed by atoms with van der Waals surface area (Å²) in [6, 6.07) is 9.93. The Hall–Kier alpha value is -1.35. The zero-order chi connectivity index (χ0) is 19.7. The molecule has 1 aromatic rings. The summed E-state index contributed by atoms with van der Waals surface area (Å²) in [5.41, 5.74) is 1.76. The van der Waals surface area contributed by atoms with E-state index in [-0.39, 0.29) is 6.10 Å². The maximum Gasteiger partial charge on any atom is 0.0870 e. The largest absolute Gasteiger partial charge is 0.411 e. The van der Waals surface area contributed by atoms with Gasteiger partial charge in [0.05, 0.1) is 11.8 Å². The van der Waals surface area contributed by atoms with Crippen molar-refractivity contribution in [1.82, 2.24) is 0 Å². The highest BCUT2D eigenvalue weighted by Crippen LogP contribution is 2.23. The van der Waals surface area contributed by atoms with Crippen molar-refractivity contribution in [2.45, 2.75) is 103 Å². The summed E-state index contributed by atoms with van der Waals surface area (Å²) in [7, 11) is 0. The van der Waals surface area contributed by atoms with Crippen LogP contribution in [0, 0.1) is 5.92 Å². The molecule has 0 saturated heterocycles. The van der Waals surface area contributed by atoms with Gasteiger partial charge in [-0.3, -0.25) is 0 Å². The van der Waals surface area contributed by atoms with Crippen molar-refractivity contribution in [2.75, 3.05) is 0 Å². The predicted octanol–water partition coefficient (Wildman–Crippen LogP) is 6.95. The maximum absolute atomic E-state index is 9.66. The molecule has 0 spiro atoms. The lowest BCUT2D eigenvalue weighted by atomic mass is 9.88. The predicted molar refractivity (Wildman–Crippen MR) is 116 cm³/mol. The maximum atomic E-state index is 9.66. The molecular formula is C24H41NO2. The van der Waals surface area contributed by atoms with Gasteiger partial charge in [0.2, 0.25) is 0 Å². The molecule has 2 N–H and O–H groups in total. The average Bonchev–Trinajstić information content (AvgIpc) is 2.68. The summed E-state index contributed by atoms with van der Waals surface area (Å²) >= 11 is 0. The van der Waals surface area contributed by atoms with Crippen molar-refractivity contribution >= 4 is 5.71 Å². The van der Waals surface area contributed by atoms with Gasteiger partial charge in [0.15, 0.2) is 0 Å². The monoisotopic (exact) mass is 375 g/mol. The lowest BCUT2D eigenvalue weighted by molar-refractivity contribution is 0.172. The number of benzene rings is 1.